The molecule has 8 nitrogen and oxygen atoms in total. The fourth-order valence-electron chi connectivity index (χ4n) is 3.71. The molecule has 0 saturated carbocycles. The predicted molar refractivity (Wildman–Crippen MR) is 108 cm³/mol. The molecule has 1 atom stereocenters. The molecule has 5 rings (SSSR count). The van der Waals surface area contributed by atoms with E-state index in [1.807, 2.05) is 25.1 Å². The Labute approximate surface area is 167 Å². The summed E-state index contributed by atoms with van der Waals surface area (Å²) in [6.45, 7) is 6.64. The second-order valence-corrected chi connectivity index (χ2v) is 7.53. The van der Waals surface area contributed by atoms with Crippen molar-refractivity contribution in [1.29, 1.82) is 0 Å². The first-order valence-electron chi connectivity index (χ1n) is 9.69. The molecule has 1 saturated heterocycles. The maximum Gasteiger partial charge on any atom is 0.259 e. The molecule has 1 aliphatic rings. The number of aromatic nitrogens is 4. The fraction of sp³-hybridized carbons (Fsp3) is 0.333. The molecule has 0 bridgehead atoms. The van der Waals surface area contributed by atoms with Gasteiger partial charge in [0.1, 0.15) is 0 Å². The van der Waals surface area contributed by atoms with E-state index in [1.54, 1.807) is 0 Å². The Morgan fingerprint density at radius 2 is 1.90 bits per heavy atom. The van der Waals surface area contributed by atoms with Gasteiger partial charge in [0.25, 0.3) is 11.6 Å². The highest BCUT2D eigenvalue weighted by Crippen LogP contribution is 2.34. The molecule has 3 aromatic heterocycles. The van der Waals surface area contributed by atoms with Crippen LogP contribution in [0.2, 0.25) is 0 Å². The average molecular weight is 390 g/mol. The van der Waals surface area contributed by atoms with Crippen LogP contribution in [0.15, 0.2) is 39.4 Å². The normalized spacial score (nSPS) is 17.8. The Kier molecular flexibility index (Phi) is 4.37. The lowest BCUT2D eigenvalue weighted by Crippen LogP contribution is -2.44. The van der Waals surface area contributed by atoms with Gasteiger partial charge in [0.15, 0.2) is 5.82 Å². The summed E-state index contributed by atoms with van der Waals surface area (Å²) in [6, 6.07) is 10.2. The van der Waals surface area contributed by atoms with Crippen LogP contribution < -0.4 is 5.32 Å². The molecular weight excluding hydrogens is 368 g/mol. The number of nitrogens with one attached hydrogen (secondary N) is 1. The molecular formula is C21H22N6O2. The second-order valence-electron chi connectivity index (χ2n) is 7.53. The maximum absolute atomic E-state index is 5.68. The first-order valence-corrected chi connectivity index (χ1v) is 9.69. The van der Waals surface area contributed by atoms with E-state index in [-0.39, 0.29) is 6.04 Å². The number of benzene rings is 1. The van der Waals surface area contributed by atoms with Gasteiger partial charge in [-0.15, -0.1) is 0 Å². The number of rotatable bonds is 3. The molecule has 8 heteroatoms. The summed E-state index contributed by atoms with van der Waals surface area (Å²) in [4.78, 5) is 11.6. The molecule has 148 valence electrons. The third-order valence-electron chi connectivity index (χ3n) is 5.45. The van der Waals surface area contributed by atoms with Crippen LogP contribution in [0.1, 0.15) is 23.1 Å². The van der Waals surface area contributed by atoms with Gasteiger partial charge in [0.05, 0.1) is 28.4 Å². The zero-order chi connectivity index (χ0) is 20.0. The lowest BCUT2D eigenvalue weighted by atomic mass is 10.0. The van der Waals surface area contributed by atoms with Crippen LogP contribution in [0.3, 0.4) is 0 Å². The largest absolute Gasteiger partial charge is 0.335 e. The summed E-state index contributed by atoms with van der Waals surface area (Å²) in [5, 5.41) is 12.5. The Morgan fingerprint density at radius 3 is 2.69 bits per heavy atom. The van der Waals surface area contributed by atoms with Gasteiger partial charge in [-0.1, -0.05) is 40.1 Å². The lowest BCUT2D eigenvalue weighted by Gasteiger charge is -2.30. The van der Waals surface area contributed by atoms with Gasteiger partial charge in [0, 0.05) is 25.2 Å². The van der Waals surface area contributed by atoms with Gasteiger partial charge in [0.2, 0.25) is 0 Å². The summed E-state index contributed by atoms with van der Waals surface area (Å²) in [5.41, 5.74) is 4.95. The van der Waals surface area contributed by atoms with E-state index in [9.17, 15) is 0 Å². The minimum Gasteiger partial charge on any atom is -0.335 e. The highest BCUT2D eigenvalue weighted by atomic mass is 16.5. The van der Waals surface area contributed by atoms with E-state index in [2.05, 4.69) is 51.6 Å². The topological polar surface area (TPSA) is 93.1 Å². The number of nitrogens with zero attached hydrogens (tertiary/aromatic N) is 5. The van der Waals surface area contributed by atoms with Gasteiger partial charge in [-0.05, 0) is 27.0 Å². The minimum atomic E-state index is 0.0821. The van der Waals surface area contributed by atoms with Gasteiger partial charge < -0.3 is 14.4 Å². The Hall–Kier alpha value is -3.10. The molecule has 1 fully saturated rings. The smallest absolute Gasteiger partial charge is 0.259 e. The van der Waals surface area contributed by atoms with Crippen LogP contribution >= 0.6 is 0 Å². The summed E-state index contributed by atoms with van der Waals surface area (Å²) >= 11 is 0. The van der Waals surface area contributed by atoms with Crippen molar-refractivity contribution in [1.82, 2.24) is 30.5 Å². The van der Waals surface area contributed by atoms with E-state index in [0.29, 0.717) is 17.4 Å². The number of pyridine rings is 1. The number of aryl methyl sites for hydroxylation is 2. The molecule has 1 aliphatic heterocycles. The standard InChI is InChI=1S/C21H22N6O2/c1-12-4-6-14(7-5-12)16-10-15(18-13(2)25-29-21(18)23-16)20-24-19(26-28-20)17-11-22-8-9-27(17)3/h4-7,10,17,22H,8-9,11H2,1-3H3. The van der Waals surface area contributed by atoms with Crippen molar-refractivity contribution in [2.75, 3.05) is 26.7 Å². The Bertz CT molecular complexity index is 1160. The average Bonchev–Trinajstić information content (AvgIpc) is 3.36. The number of hydrogen-bond acceptors (Lipinski definition) is 8. The van der Waals surface area contributed by atoms with Crippen LogP contribution in [-0.4, -0.2) is 51.9 Å². The molecule has 4 aromatic rings. The maximum atomic E-state index is 5.68. The van der Waals surface area contributed by atoms with Gasteiger partial charge in [-0.3, -0.25) is 4.90 Å². The summed E-state index contributed by atoms with van der Waals surface area (Å²) < 4.78 is 11.1. The molecule has 0 radical (unpaired) electrons. The summed E-state index contributed by atoms with van der Waals surface area (Å²) in [7, 11) is 2.08. The van der Waals surface area contributed by atoms with Crippen LogP contribution in [-0.2, 0) is 0 Å². The van der Waals surface area contributed by atoms with Crippen molar-refractivity contribution in [3.8, 4) is 22.7 Å². The highest BCUT2D eigenvalue weighted by molar-refractivity contribution is 5.93. The molecule has 1 N–H and O–H groups in total. The van der Waals surface area contributed by atoms with Crippen molar-refractivity contribution >= 4 is 11.1 Å². The van der Waals surface area contributed by atoms with E-state index < -0.39 is 0 Å². The summed E-state index contributed by atoms with van der Waals surface area (Å²) in [5.74, 6) is 1.12. The van der Waals surface area contributed by atoms with Crippen LogP contribution in [0.4, 0.5) is 0 Å². The molecule has 1 unspecified atom stereocenters. The third kappa shape index (κ3) is 3.20. The monoisotopic (exact) mass is 390 g/mol. The molecule has 29 heavy (non-hydrogen) atoms. The molecule has 0 aliphatic carbocycles. The van der Waals surface area contributed by atoms with Crippen molar-refractivity contribution in [3.05, 3.63) is 47.4 Å². The summed E-state index contributed by atoms with van der Waals surface area (Å²) in [6.07, 6.45) is 0. The van der Waals surface area contributed by atoms with Gasteiger partial charge >= 0.3 is 0 Å². The number of fused-ring (bicyclic) bond motifs is 1. The third-order valence-corrected chi connectivity index (χ3v) is 5.45. The number of hydrogen-bond donors (Lipinski definition) is 1. The van der Waals surface area contributed by atoms with Crippen molar-refractivity contribution < 1.29 is 9.05 Å². The molecule has 0 spiro atoms. The number of piperazine rings is 1. The quantitative estimate of drug-likeness (QED) is 0.570. The lowest BCUT2D eigenvalue weighted by molar-refractivity contribution is 0.190. The Morgan fingerprint density at radius 1 is 1.07 bits per heavy atom. The zero-order valence-electron chi connectivity index (χ0n) is 16.6. The molecule has 1 aromatic carbocycles. The van der Waals surface area contributed by atoms with Crippen LogP contribution in [0, 0.1) is 13.8 Å². The van der Waals surface area contributed by atoms with E-state index >= 15 is 0 Å². The van der Waals surface area contributed by atoms with Crippen molar-refractivity contribution in [2.45, 2.75) is 19.9 Å². The fourth-order valence-corrected chi connectivity index (χ4v) is 3.71. The predicted octanol–water partition coefficient (Wildman–Crippen LogP) is 3.13. The van der Waals surface area contributed by atoms with E-state index in [1.165, 1.54) is 5.56 Å². The van der Waals surface area contributed by atoms with Crippen molar-refractivity contribution in [3.63, 3.8) is 0 Å². The second kappa shape index (κ2) is 7.06. The highest BCUT2D eigenvalue weighted by Gasteiger charge is 2.27. The first-order chi connectivity index (χ1) is 14.1. The van der Waals surface area contributed by atoms with Gasteiger partial charge in [-0.25, -0.2) is 4.98 Å². The van der Waals surface area contributed by atoms with Gasteiger partial charge in [-0.2, -0.15) is 4.98 Å². The first kappa shape index (κ1) is 18.0. The van der Waals surface area contributed by atoms with E-state index in [4.69, 9.17) is 14.0 Å². The molecule has 0 amide bonds. The van der Waals surface area contributed by atoms with Crippen LogP contribution in [0.25, 0.3) is 33.8 Å². The zero-order valence-corrected chi connectivity index (χ0v) is 16.6. The number of likely N-dealkylation sites (N-methyl/N-ethyl adjacent to an activating group) is 1. The van der Waals surface area contributed by atoms with Crippen LogP contribution in [0.5, 0.6) is 0 Å². The van der Waals surface area contributed by atoms with Crippen molar-refractivity contribution in [2.24, 2.45) is 0 Å². The van der Waals surface area contributed by atoms with E-state index in [0.717, 1.165) is 47.5 Å². The molecule has 4 heterocycles. The minimum absolute atomic E-state index is 0.0821. The SMILES string of the molecule is Cc1ccc(-c2cc(-c3nc(C4CNCCN4C)no3)c3c(C)noc3n2)cc1. The Balaban J connectivity index is 1.62.